The molecule has 4 rings (SSSR count). The molecule has 1 N–H and O–H groups in total. The van der Waals surface area contributed by atoms with E-state index >= 15 is 0 Å². The highest BCUT2D eigenvalue weighted by molar-refractivity contribution is 8.00. The molecule has 1 atom stereocenters. The molecule has 35 heavy (non-hydrogen) atoms. The average molecular weight is 488 g/mol. The van der Waals surface area contributed by atoms with E-state index in [0.717, 1.165) is 22.7 Å². The lowest BCUT2D eigenvalue weighted by atomic mass is 9.87. The minimum atomic E-state index is -0.399. The molecular formula is C27H29N5O2S. The molecule has 2 aromatic carbocycles. The summed E-state index contributed by atoms with van der Waals surface area (Å²) in [5.74, 6) is 1.32. The first-order chi connectivity index (χ1) is 16.8. The number of amides is 1. The summed E-state index contributed by atoms with van der Waals surface area (Å²) >= 11 is 1.36. The van der Waals surface area contributed by atoms with Gasteiger partial charge in [0, 0.05) is 29.3 Å². The number of thioether (sulfide) groups is 1. The third-order valence-corrected chi connectivity index (χ3v) is 6.62. The van der Waals surface area contributed by atoms with Gasteiger partial charge < -0.3 is 10.1 Å². The van der Waals surface area contributed by atoms with Crippen LogP contribution in [0.25, 0.3) is 17.1 Å². The largest absolute Gasteiger partial charge is 0.497 e. The van der Waals surface area contributed by atoms with Crippen molar-refractivity contribution in [3.63, 3.8) is 0 Å². The molecule has 0 fully saturated rings. The number of carbonyl (C=O) groups is 1. The number of nitrogens with one attached hydrogen (secondary N) is 1. The number of aromatic nitrogens is 4. The zero-order valence-electron chi connectivity index (χ0n) is 20.5. The molecule has 180 valence electrons. The Labute approximate surface area is 210 Å². The molecule has 0 radical (unpaired) electrons. The highest BCUT2D eigenvalue weighted by Crippen LogP contribution is 2.31. The van der Waals surface area contributed by atoms with E-state index in [9.17, 15) is 4.79 Å². The molecular weight excluding hydrogens is 458 g/mol. The van der Waals surface area contributed by atoms with Gasteiger partial charge in [-0.15, -0.1) is 10.2 Å². The SMILES string of the molecule is COc1ccc(-n2c(SC(C)C(=O)Nc3ccc(C(C)(C)C)cc3)nnc2-c2ccncc2)cc1. The Morgan fingerprint density at radius 3 is 2.23 bits per heavy atom. The van der Waals surface area contributed by atoms with E-state index in [1.807, 2.05) is 60.0 Å². The van der Waals surface area contributed by atoms with Crippen LogP contribution in [0.5, 0.6) is 5.75 Å². The minimum absolute atomic E-state index is 0.0593. The molecule has 4 aromatic rings. The molecule has 8 heteroatoms. The molecule has 0 aliphatic carbocycles. The molecule has 0 aliphatic rings. The van der Waals surface area contributed by atoms with Crippen molar-refractivity contribution >= 4 is 23.4 Å². The van der Waals surface area contributed by atoms with Crippen molar-refractivity contribution in [3.05, 3.63) is 78.6 Å². The summed E-state index contributed by atoms with van der Waals surface area (Å²) in [5.41, 5.74) is 3.80. The molecule has 0 spiro atoms. The number of benzene rings is 2. The Morgan fingerprint density at radius 1 is 0.971 bits per heavy atom. The van der Waals surface area contributed by atoms with Gasteiger partial charge in [0.15, 0.2) is 11.0 Å². The first-order valence-electron chi connectivity index (χ1n) is 11.3. The first-order valence-corrected chi connectivity index (χ1v) is 12.2. The van der Waals surface area contributed by atoms with Crippen molar-refractivity contribution in [2.45, 2.75) is 43.5 Å². The van der Waals surface area contributed by atoms with Crippen LogP contribution in [0.3, 0.4) is 0 Å². The maximum Gasteiger partial charge on any atom is 0.237 e. The van der Waals surface area contributed by atoms with Gasteiger partial charge in [0.25, 0.3) is 0 Å². The lowest BCUT2D eigenvalue weighted by molar-refractivity contribution is -0.115. The van der Waals surface area contributed by atoms with Crippen LogP contribution < -0.4 is 10.1 Å². The second kappa shape index (κ2) is 10.3. The molecule has 1 amide bonds. The highest BCUT2D eigenvalue weighted by atomic mass is 32.2. The Hall–Kier alpha value is -3.65. The summed E-state index contributed by atoms with van der Waals surface area (Å²) in [6, 6.07) is 19.4. The van der Waals surface area contributed by atoms with Crippen LogP contribution in [-0.2, 0) is 10.2 Å². The van der Waals surface area contributed by atoms with E-state index in [1.54, 1.807) is 19.5 Å². The van der Waals surface area contributed by atoms with Crippen molar-refractivity contribution < 1.29 is 9.53 Å². The molecule has 0 aliphatic heterocycles. The maximum absolute atomic E-state index is 13.0. The van der Waals surface area contributed by atoms with Crippen molar-refractivity contribution in [1.82, 2.24) is 19.7 Å². The van der Waals surface area contributed by atoms with Crippen LogP contribution in [0.4, 0.5) is 5.69 Å². The number of nitrogens with zero attached hydrogens (tertiary/aromatic N) is 4. The smallest absolute Gasteiger partial charge is 0.237 e. The first kappa shape index (κ1) is 24.5. The number of ether oxygens (including phenoxy) is 1. The molecule has 2 aromatic heterocycles. The number of hydrogen-bond acceptors (Lipinski definition) is 6. The highest BCUT2D eigenvalue weighted by Gasteiger charge is 2.22. The maximum atomic E-state index is 13.0. The van der Waals surface area contributed by atoms with Gasteiger partial charge in [-0.3, -0.25) is 14.3 Å². The summed E-state index contributed by atoms with van der Waals surface area (Å²) in [6.45, 7) is 8.36. The second-order valence-corrected chi connectivity index (χ2v) is 10.5. The summed E-state index contributed by atoms with van der Waals surface area (Å²) in [7, 11) is 1.63. The van der Waals surface area contributed by atoms with Crippen molar-refractivity contribution in [2.24, 2.45) is 0 Å². The summed E-state index contributed by atoms with van der Waals surface area (Å²) in [6.07, 6.45) is 3.44. The number of hydrogen-bond donors (Lipinski definition) is 1. The summed E-state index contributed by atoms with van der Waals surface area (Å²) in [5, 5.41) is 12.1. The fourth-order valence-electron chi connectivity index (χ4n) is 3.51. The van der Waals surface area contributed by atoms with E-state index < -0.39 is 5.25 Å². The van der Waals surface area contributed by atoms with Crippen LogP contribution in [0.2, 0.25) is 0 Å². The quantitative estimate of drug-likeness (QED) is 0.334. The standard InChI is InChI=1S/C27H29N5O2S/c1-18(25(33)29-21-8-6-20(7-9-21)27(2,3)4)35-26-31-30-24(19-14-16-28-17-15-19)32(26)22-10-12-23(34-5)13-11-22/h6-18H,1-5H3,(H,29,33). The van der Waals surface area contributed by atoms with Gasteiger partial charge in [-0.1, -0.05) is 44.7 Å². The van der Waals surface area contributed by atoms with Gasteiger partial charge in [0.1, 0.15) is 5.75 Å². The molecule has 0 saturated heterocycles. The number of anilines is 1. The van der Waals surface area contributed by atoms with Gasteiger partial charge in [0.2, 0.25) is 5.91 Å². The van der Waals surface area contributed by atoms with E-state index in [2.05, 4.69) is 53.4 Å². The number of carbonyl (C=O) groups excluding carboxylic acids is 1. The van der Waals surface area contributed by atoms with E-state index in [0.29, 0.717) is 11.0 Å². The molecule has 2 heterocycles. The Kier molecular flexibility index (Phi) is 7.21. The van der Waals surface area contributed by atoms with Crippen LogP contribution in [0.1, 0.15) is 33.3 Å². The fraction of sp³-hybridized carbons (Fsp3) is 0.259. The van der Waals surface area contributed by atoms with E-state index in [-0.39, 0.29) is 11.3 Å². The minimum Gasteiger partial charge on any atom is -0.497 e. The monoisotopic (exact) mass is 487 g/mol. The van der Waals surface area contributed by atoms with Gasteiger partial charge in [-0.05, 0) is 66.4 Å². The normalized spacial score (nSPS) is 12.3. The topological polar surface area (TPSA) is 81.9 Å². The Balaban J connectivity index is 1.58. The van der Waals surface area contributed by atoms with Gasteiger partial charge in [0.05, 0.1) is 12.4 Å². The molecule has 0 bridgehead atoms. The zero-order valence-corrected chi connectivity index (χ0v) is 21.3. The lowest BCUT2D eigenvalue weighted by Crippen LogP contribution is -2.23. The molecule has 0 saturated carbocycles. The fourth-order valence-corrected chi connectivity index (χ4v) is 4.37. The van der Waals surface area contributed by atoms with Gasteiger partial charge in [-0.25, -0.2) is 0 Å². The van der Waals surface area contributed by atoms with E-state index in [4.69, 9.17) is 4.74 Å². The van der Waals surface area contributed by atoms with E-state index in [1.165, 1.54) is 17.3 Å². The predicted molar refractivity (Wildman–Crippen MR) is 140 cm³/mol. The Morgan fingerprint density at radius 2 is 1.63 bits per heavy atom. The van der Waals surface area contributed by atoms with Crippen LogP contribution in [0, 0.1) is 0 Å². The molecule has 1 unspecified atom stereocenters. The van der Waals surface area contributed by atoms with Crippen molar-refractivity contribution in [2.75, 3.05) is 12.4 Å². The lowest BCUT2D eigenvalue weighted by Gasteiger charge is -2.19. The Bertz CT molecular complexity index is 1280. The summed E-state index contributed by atoms with van der Waals surface area (Å²) in [4.78, 5) is 17.1. The predicted octanol–water partition coefficient (Wildman–Crippen LogP) is 5.75. The van der Waals surface area contributed by atoms with Gasteiger partial charge in [-0.2, -0.15) is 0 Å². The van der Waals surface area contributed by atoms with Gasteiger partial charge >= 0.3 is 0 Å². The number of methoxy groups -OCH3 is 1. The molecule has 7 nitrogen and oxygen atoms in total. The van der Waals surface area contributed by atoms with Crippen LogP contribution >= 0.6 is 11.8 Å². The summed E-state index contributed by atoms with van der Waals surface area (Å²) < 4.78 is 7.25. The zero-order chi connectivity index (χ0) is 25.0. The van der Waals surface area contributed by atoms with Crippen LogP contribution in [0.15, 0.2) is 78.2 Å². The van der Waals surface area contributed by atoms with Crippen molar-refractivity contribution in [1.29, 1.82) is 0 Å². The number of pyridine rings is 1. The van der Waals surface area contributed by atoms with Crippen LogP contribution in [-0.4, -0.2) is 38.0 Å². The number of rotatable bonds is 7. The second-order valence-electron chi connectivity index (χ2n) is 9.15. The third-order valence-electron chi connectivity index (χ3n) is 5.57. The van der Waals surface area contributed by atoms with Crippen molar-refractivity contribution in [3.8, 4) is 22.8 Å². The average Bonchev–Trinajstić information content (AvgIpc) is 3.27. The third kappa shape index (κ3) is 5.71.